The average molecular weight is 257 g/mol. The highest BCUT2D eigenvalue weighted by Gasteiger charge is 2.10. The van der Waals surface area contributed by atoms with Gasteiger partial charge in [-0.25, -0.2) is 4.98 Å². The highest BCUT2D eigenvalue weighted by molar-refractivity contribution is 5.42. The van der Waals surface area contributed by atoms with Crippen LogP contribution in [0.5, 0.6) is 0 Å². The fraction of sp³-hybridized carbons (Fsp3) is 0.214. The van der Waals surface area contributed by atoms with E-state index in [-0.39, 0.29) is 11.7 Å². The zero-order valence-corrected chi connectivity index (χ0v) is 10.6. The summed E-state index contributed by atoms with van der Waals surface area (Å²) in [5.74, 6) is 0.640. The molecular formula is C14H15N3O2. The minimum atomic E-state index is -0.453. The topological polar surface area (TPSA) is 68.1 Å². The highest BCUT2D eigenvalue weighted by Crippen LogP contribution is 2.22. The normalized spacial score (nSPS) is 11.8. The molecule has 2 rings (SSSR count). The Balaban J connectivity index is 2.12. The van der Waals surface area contributed by atoms with Crippen LogP contribution in [0.15, 0.2) is 48.7 Å². The van der Waals surface area contributed by atoms with Gasteiger partial charge in [0.25, 0.3) is 5.69 Å². The molecule has 98 valence electrons. The van der Waals surface area contributed by atoms with E-state index in [9.17, 15) is 10.1 Å². The summed E-state index contributed by atoms with van der Waals surface area (Å²) in [6.07, 6.45) is 2.17. The van der Waals surface area contributed by atoms with E-state index in [2.05, 4.69) is 17.2 Å². The first-order valence-electron chi connectivity index (χ1n) is 6.12. The highest BCUT2D eigenvalue weighted by atomic mass is 16.6. The van der Waals surface area contributed by atoms with Crippen molar-refractivity contribution < 1.29 is 4.92 Å². The van der Waals surface area contributed by atoms with Gasteiger partial charge in [0.05, 0.1) is 11.0 Å². The molecule has 0 spiro atoms. The van der Waals surface area contributed by atoms with Crippen molar-refractivity contribution in [2.24, 2.45) is 0 Å². The van der Waals surface area contributed by atoms with Crippen LogP contribution in [0.3, 0.4) is 0 Å². The van der Waals surface area contributed by atoms with Crippen molar-refractivity contribution in [1.82, 2.24) is 4.98 Å². The third-order valence-electron chi connectivity index (χ3n) is 2.89. The van der Waals surface area contributed by atoms with Gasteiger partial charge in [-0.15, -0.1) is 0 Å². The Hall–Kier alpha value is -2.43. The predicted molar refractivity (Wildman–Crippen MR) is 74.0 cm³/mol. The second kappa shape index (κ2) is 5.95. The molecule has 5 nitrogen and oxygen atoms in total. The Morgan fingerprint density at radius 2 is 2.00 bits per heavy atom. The number of rotatable bonds is 5. The summed E-state index contributed by atoms with van der Waals surface area (Å²) < 4.78 is 0. The standard InChI is InChI=1S/C14H15N3O2/c1-2-13(11-6-4-3-5-7-11)16-14-9-8-12(10-15-14)17(18)19/h3-10,13H,2H2,1H3,(H,15,16). The molecule has 0 amide bonds. The Morgan fingerprint density at radius 1 is 1.26 bits per heavy atom. The number of benzene rings is 1. The lowest BCUT2D eigenvalue weighted by molar-refractivity contribution is -0.385. The van der Waals surface area contributed by atoms with Gasteiger partial charge in [-0.05, 0) is 18.1 Å². The maximum Gasteiger partial charge on any atom is 0.287 e. The van der Waals surface area contributed by atoms with Crippen molar-refractivity contribution in [2.75, 3.05) is 5.32 Å². The van der Waals surface area contributed by atoms with Crippen molar-refractivity contribution in [2.45, 2.75) is 19.4 Å². The molecule has 1 unspecified atom stereocenters. The molecule has 0 aliphatic rings. The van der Waals surface area contributed by atoms with E-state index in [0.717, 1.165) is 6.42 Å². The number of anilines is 1. The smallest absolute Gasteiger partial charge is 0.287 e. The zero-order chi connectivity index (χ0) is 13.7. The molecule has 0 aliphatic heterocycles. The summed E-state index contributed by atoms with van der Waals surface area (Å²) in [5, 5.41) is 13.8. The van der Waals surface area contributed by atoms with E-state index in [1.165, 1.54) is 17.8 Å². The minimum absolute atomic E-state index is 0.00157. The molecule has 1 aromatic heterocycles. The molecular weight excluding hydrogens is 242 g/mol. The first-order valence-corrected chi connectivity index (χ1v) is 6.12. The number of nitrogens with one attached hydrogen (secondary N) is 1. The van der Waals surface area contributed by atoms with Crippen LogP contribution in [0, 0.1) is 10.1 Å². The molecule has 1 N–H and O–H groups in total. The number of nitro groups is 1. The monoisotopic (exact) mass is 257 g/mol. The van der Waals surface area contributed by atoms with Gasteiger partial charge in [-0.2, -0.15) is 0 Å². The molecule has 19 heavy (non-hydrogen) atoms. The largest absolute Gasteiger partial charge is 0.363 e. The Labute approximate surface area is 111 Å². The second-order valence-corrected chi connectivity index (χ2v) is 4.17. The van der Waals surface area contributed by atoms with Crippen molar-refractivity contribution in [1.29, 1.82) is 0 Å². The van der Waals surface area contributed by atoms with Crippen LogP contribution in [0.4, 0.5) is 11.5 Å². The van der Waals surface area contributed by atoms with E-state index in [0.29, 0.717) is 5.82 Å². The lowest BCUT2D eigenvalue weighted by Gasteiger charge is -2.17. The Morgan fingerprint density at radius 3 is 2.53 bits per heavy atom. The van der Waals surface area contributed by atoms with Gasteiger partial charge >= 0.3 is 0 Å². The molecule has 1 aromatic carbocycles. The molecule has 1 atom stereocenters. The lowest BCUT2D eigenvalue weighted by Crippen LogP contribution is -2.10. The van der Waals surface area contributed by atoms with Gasteiger partial charge in [-0.3, -0.25) is 10.1 Å². The molecule has 0 fully saturated rings. The van der Waals surface area contributed by atoms with E-state index in [1.807, 2.05) is 30.3 Å². The van der Waals surface area contributed by atoms with Crippen molar-refractivity contribution in [3.8, 4) is 0 Å². The molecule has 2 aromatic rings. The molecule has 0 saturated heterocycles. The van der Waals surface area contributed by atoms with Crippen LogP contribution in [-0.2, 0) is 0 Å². The Kier molecular flexibility index (Phi) is 4.07. The number of nitrogens with zero attached hydrogens (tertiary/aromatic N) is 2. The third kappa shape index (κ3) is 3.28. The maximum absolute atomic E-state index is 10.6. The number of pyridine rings is 1. The van der Waals surface area contributed by atoms with E-state index >= 15 is 0 Å². The maximum atomic E-state index is 10.6. The molecule has 0 saturated carbocycles. The van der Waals surface area contributed by atoms with Crippen LogP contribution in [-0.4, -0.2) is 9.91 Å². The fourth-order valence-corrected chi connectivity index (χ4v) is 1.86. The van der Waals surface area contributed by atoms with Gasteiger partial charge in [0.2, 0.25) is 0 Å². The predicted octanol–water partition coefficient (Wildman–Crippen LogP) is 3.55. The van der Waals surface area contributed by atoms with E-state index in [4.69, 9.17) is 0 Å². The van der Waals surface area contributed by atoms with Gasteiger partial charge < -0.3 is 5.32 Å². The first kappa shape index (κ1) is 13.0. The number of aromatic nitrogens is 1. The summed E-state index contributed by atoms with van der Waals surface area (Å²) in [6.45, 7) is 2.08. The lowest BCUT2D eigenvalue weighted by atomic mass is 10.0. The number of hydrogen-bond donors (Lipinski definition) is 1. The molecule has 0 radical (unpaired) electrons. The van der Waals surface area contributed by atoms with Crippen LogP contribution < -0.4 is 5.32 Å². The van der Waals surface area contributed by atoms with Crippen molar-refractivity contribution >= 4 is 11.5 Å². The van der Waals surface area contributed by atoms with Crippen LogP contribution in [0.2, 0.25) is 0 Å². The second-order valence-electron chi connectivity index (χ2n) is 4.17. The van der Waals surface area contributed by atoms with Gasteiger partial charge in [-0.1, -0.05) is 37.3 Å². The quantitative estimate of drug-likeness (QED) is 0.657. The third-order valence-corrected chi connectivity index (χ3v) is 2.89. The number of hydrogen-bond acceptors (Lipinski definition) is 4. The van der Waals surface area contributed by atoms with Crippen molar-refractivity contribution in [3.63, 3.8) is 0 Å². The summed E-state index contributed by atoms with van der Waals surface area (Å²) in [5.41, 5.74) is 1.17. The van der Waals surface area contributed by atoms with Crippen LogP contribution >= 0.6 is 0 Å². The Bertz CT molecular complexity index is 540. The zero-order valence-electron chi connectivity index (χ0n) is 10.6. The van der Waals surface area contributed by atoms with Crippen molar-refractivity contribution in [3.05, 3.63) is 64.3 Å². The summed E-state index contributed by atoms with van der Waals surface area (Å²) >= 11 is 0. The summed E-state index contributed by atoms with van der Waals surface area (Å²) in [6, 6.07) is 13.3. The summed E-state index contributed by atoms with van der Waals surface area (Å²) in [4.78, 5) is 14.2. The van der Waals surface area contributed by atoms with Crippen LogP contribution in [0.25, 0.3) is 0 Å². The molecule has 1 heterocycles. The molecule has 5 heteroatoms. The minimum Gasteiger partial charge on any atom is -0.363 e. The molecule has 0 bridgehead atoms. The van der Waals surface area contributed by atoms with E-state index < -0.39 is 4.92 Å². The fourth-order valence-electron chi connectivity index (χ4n) is 1.86. The first-order chi connectivity index (χ1) is 9.20. The summed E-state index contributed by atoms with van der Waals surface area (Å²) in [7, 11) is 0. The van der Waals surface area contributed by atoms with Gasteiger partial charge in [0, 0.05) is 6.07 Å². The van der Waals surface area contributed by atoms with Crippen LogP contribution in [0.1, 0.15) is 24.9 Å². The average Bonchev–Trinajstić information content (AvgIpc) is 2.46. The molecule has 0 aliphatic carbocycles. The van der Waals surface area contributed by atoms with Gasteiger partial charge in [0.15, 0.2) is 0 Å². The SMILES string of the molecule is CCC(Nc1ccc([N+](=O)[O-])cn1)c1ccccc1. The van der Waals surface area contributed by atoms with Gasteiger partial charge in [0.1, 0.15) is 12.0 Å². The van der Waals surface area contributed by atoms with E-state index in [1.54, 1.807) is 6.07 Å².